The molecule has 0 spiro atoms. The largest absolute Gasteiger partial charge is 0.480 e. The van der Waals surface area contributed by atoms with Gasteiger partial charge in [-0.1, -0.05) is 29.8 Å². The summed E-state index contributed by atoms with van der Waals surface area (Å²) < 4.78 is 32.9. The molecule has 3 rings (SSSR count). The Bertz CT molecular complexity index is 1440. The Labute approximate surface area is 258 Å². The van der Waals surface area contributed by atoms with E-state index < -0.39 is 45.7 Å². The standard InChI is InChI=1S/C31H42N4O8S/c1-21-10-16-24(17-11-21)44(41,42)35-19-6-8-26(35)28(37)33-25(29(38)39)20-22-12-14-23(15-13-22)32-27(36)9-7-18-34(5)30(40)43-31(2,3)4/h10-17,25-26H,6-9,18-20H2,1-5H3,(H,32,36)(H,33,37)(H,38,39)/t25-,26-/m0/s1. The van der Waals surface area contributed by atoms with Gasteiger partial charge in [0.05, 0.1) is 4.90 Å². The fraction of sp³-hybridized carbons (Fsp3) is 0.484. The molecule has 240 valence electrons. The first kappa shape index (κ1) is 34.5. The third kappa shape index (κ3) is 9.78. The highest BCUT2D eigenvalue weighted by molar-refractivity contribution is 7.89. The lowest BCUT2D eigenvalue weighted by atomic mass is 10.0. The molecule has 0 saturated carbocycles. The molecule has 1 saturated heterocycles. The van der Waals surface area contributed by atoms with Crippen LogP contribution in [0.25, 0.3) is 0 Å². The van der Waals surface area contributed by atoms with Crippen molar-refractivity contribution in [2.45, 2.75) is 82.4 Å². The van der Waals surface area contributed by atoms with Crippen LogP contribution in [-0.4, -0.2) is 84.4 Å². The van der Waals surface area contributed by atoms with Crippen LogP contribution in [0.2, 0.25) is 0 Å². The SMILES string of the molecule is Cc1ccc(S(=O)(=O)N2CCC[C@H]2C(=O)N[C@@H](Cc2ccc(NC(=O)CCCN(C)C(=O)OC(C)(C)C)cc2)C(=O)O)cc1. The number of carboxylic acids is 1. The normalized spacial score (nSPS) is 16.2. The molecule has 12 nitrogen and oxygen atoms in total. The predicted octanol–water partition coefficient (Wildman–Crippen LogP) is 3.55. The van der Waals surface area contributed by atoms with Crippen molar-refractivity contribution in [1.29, 1.82) is 0 Å². The van der Waals surface area contributed by atoms with Crippen molar-refractivity contribution in [1.82, 2.24) is 14.5 Å². The van der Waals surface area contributed by atoms with Crippen LogP contribution in [0, 0.1) is 6.92 Å². The number of aryl methyl sites for hydroxylation is 1. The summed E-state index contributed by atoms with van der Waals surface area (Å²) in [7, 11) is -2.33. The summed E-state index contributed by atoms with van der Waals surface area (Å²) in [5.41, 5.74) is 1.41. The fourth-order valence-corrected chi connectivity index (χ4v) is 6.35. The van der Waals surface area contributed by atoms with Gasteiger partial charge >= 0.3 is 12.1 Å². The summed E-state index contributed by atoms with van der Waals surface area (Å²) in [6.45, 7) is 7.69. The lowest BCUT2D eigenvalue weighted by molar-refractivity contribution is -0.142. The zero-order valence-corrected chi connectivity index (χ0v) is 26.6. The molecule has 44 heavy (non-hydrogen) atoms. The van der Waals surface area contributed by atoms with Gasteiger partial charge in [0.15, 0.2) is 0 Å². The van der Waals surface area contributed by atoms with Crippen LogP contribution in [0.4, 0.5) is 10.5 Å². The quantitative estimate of drug-likeness (QED) is 0.321. The van der Waals surface area contributed by atoms with Crippen molar-refractivity contribution < 1.29 is 37.4 Å². The van der Waals surface area contributed by atoms with Crippen LogP contribution in [0.15, 0.2) is 53.4 Å². The highest BCUT2D eigenvalue weighted by atomic mass is 32.2. The minimum Gasteiger partial charge on any atom is -0.480 e. The number of hydrogen-bond acceptors (Lipinski definition) is 7. The molecule has 0 aromatic heterocycles. The third-order valence-corrected chi connectivity index (χ3v) is 8.95. The van der Waals surface area contributed by atoms with Crippen molar-refractivity contribution >= 4 is 39.6 Å². The van der Waals surface area contributed by atoms with Gasteiger partial charge in [-0.05, 0) is 76.8 Å². The first-order valence-electron chi connectivity index (χ1n) is 14.5. The van der Waals surface area contributed by atoms with Gasteiger partial charge in [0, 0.05) is 38.7 Å². The average molecular weight is 631 g/mol. The lowest BCUT2D eigenvalue weighted by Crippen LogP contribution is -2.51. The number of ether oxygens (including phenoxy) is 1. The number of carbonyl (C=O) groups is 4. The summed E-state index contributed by atoms with van der Waals surface area (Å²) in [6.07, 6.45) is 0.884. The Morgan fingerprint density at radius 2 is 1.70 bits per heavy atom. The number of nitrogens with one attached hydrogen (secondary N) is 2. The van der Waals surface area contributed by atoms with E-state index in [-0.39, 0.29) is 36.6 Å². The zero-order valence-electron chi connectivity index (χ0n) is 25.8. The van der Waals surface area contributed by atoms with E-state index in [4.69, 9.17) is 4.74 Å². The van der Waals surface area contributed by atoms with Crippen molar-refractivity contribution in [3.8, 4) is 0 Å². The molecular formula is C31H42N4O8S. The number of sulfonamides is 1. The summed E-state index contributed by atoms with van der Waals surface area (Å²) in [5.74, 6) is -2.16. The number of benzene rings is 2. The number of nitrogens with zero attached hydrogens (tertiary/aromatic N) is 2. The molecule has 0 unspecified atom stereocenters. The molecule has 0 radical (unpaired) electrons. The van der Waals surface area contributed by atoms with Crippen molar-refractivity contribution in [2.24, 2.45) is 0 Å². The molecule has 1 aliphatic heterocycles. The molecular weight excluding hydrogens is 588 g/mol. The maximum Gasteiger partial charge on any atom is 0.410 e. The van der Waals surface area contributed by atoms with Crippen molar-refractivity contribution in [2.75, 3.05) is 25.5 Å². The van der Waals surface area contributed by atoms with Gasteiger partial charge in [-0.25, -0.2) is 18.0 Å². The second-order valence-electron chi connectivity index (χ2n) is 11.9. The number of hydrogen-bond donors (Lipinski definition) is 3. The van der Waals surface area contributed by atoms with E-state index in [1.807, 2.05) is 6.92 Å². The van der Waals surface area contributed by atoms with Gasteiger partial charge in [0.2, 0.25) is 21.8 Å². The minimum atomic E-state index is -3.93. The van der Waals surface area contributed by atoms with Crippen molar-refractivity contribution in [3.63, 3.8) is 0 Å². The predicted molar refractivity (Wildman–Crippen MR) is 165 cm³/mol. The summed E-state index contributed by atoms with van der Waals surface area (Å²) in [4.78, 5) is 51.1. The monoisotopic (exact) mass is 630 g/mol. The van der Waals surface area contributed by atoms with E-state index in [1.165, 1.54) is 17.0 Å². The topological polar surface area (TPSA) is 162 Å². The molecule has 0 bridgehead atoms. The number of aliphatic carboxylic acids is 1. The number of anilines is 1. The summed E-state index contributed by atoms with van der Waals surface area (Å²) in [5, 5.41) is 15.1. The first-order valence-corrected chi connectivity index (χ1v) is 16.0. The molecule has 2 aromatic rings. The van der Waals surface area contributed by atoms with E-state index in [0.29, 0.717) is 30.6 Å². The van der Waals surface area contributed by atoms with E-state index in [9.17, 15) is 32.7 Å². The average Bonchev–Trinajstić information content (AvgIpc) is 3.44. The second-order valence-corrected chi connectivity index (χ2v) is 13.8. The zero-order chi connectivity index (χ0) is 32.7. The molecule has 3 amide bonds. The van der Waals surface area contributed by atoms with Gasteiger partial charge in [0.1, 0.15) is 17.7 Å². The number of carbonyl (C=O) groups excluding carboxylic acids is 3. The molecule has 0 aliphatic carbocycles. The maximum absolute atomic E-state index is 13.2. The van der Waals surface area contributed by atoms with Crippen LogP contribution >= 0.6 is 0 Å². The van der Waals surface area contributed by atoms with Crippen LogP contribution in [0.5, 0.6) is 0 Å². The second kappa shape index (κ2) is 14.7. The Kier molecular flexibility index (Phi) is 11.5. The third-order valence-electron chi connectivity index (χ3n) is 7.03. The van der Waals surface area contributed by atoms with E-state index in [2.05, 4.69) is 10.6 Å². The van der Waals surface area contributed by atoms with E-state index in [0.717, 1.165) is 9.87 Å². The van der Waals surface area contributed by atoms with Crippen LogP contribution in [0.3, 0.4) is 0 Å². The highest BCUT2D eigenvalue weighted by Crippen LogP contribution is 2.27. The Morgan fingerprint density at radius 1 is 1.07 bits per heavy atom. The van der Waals surface area contributed by atoms with Crippen molar-refractivity contribution in [3.05, 3.63) is 59.7 Å². The molecule has 1 fully saturated rings. The Hall–Kier alpha value is -3.97. The summed E-state index contributed by atoms with van der Waals surface area (Å²) >= 11 is 0. The number of rotatable bonds is 12. The van der Waals surface area contributed by atoms with Gasteiger partial charge < -0.3 is 25.4 Å². The van der Waals surface area contributed by atoms with Gasteiger partial charge in [-0.3, -0.25) is 9.59 Å². The minimum absolute atomic E-state index is 0.0380. The molecule has 13 heteroatoms. The Morgan fingerprint density at radius 3 is 2.30 bits per heavy atom. The van der Waals surface area contributed by atoms with Crippen LogP contribution in [-0.2, 0) is 35.6 Å². The highest BCUT2D eigenvalue weighted by Gasteiger charge is 2.40. The molecule has 3 N–H and O–H groups in total. The fourth-order valence-electron chi connectivity index (χ4n) is 4.69. The van der Waals surface area contributed by atoms with Gasteiger partial charge in [-0.15, -0.1) is 0 Å². The molecule has 2 aromatic carbocycles. The van der Waals surface area contributed by atoms with E-state index in [1.54, 1.807) is 64.2 Å². The van der Waals surface area contributed by atoms with Gasteiger partial charge in [-0.2, -0.15) is 4.31 Å². The Balaban J connectivity index is 1.53. The number of amides is 3. The smallest absolute Gasteiger partial charge is 0.410 e. The summed E-state index contributed by atoms with van der Waals surface area (Å²) in [6, 6.07) is 10.6. The maximum atomic E-state index is 13.2. The first-order chi connectivity index (χ1) is 20.6. The van der Waals surface area contributed by atoms with Crippen LogP contribution in [0.1, 0.15) is 57.6 Å². The van der Waals surface area contributed by atoms with Crippen LogP contribution < -0.4 is 10.6 Å². The molecule has 1 aliphatic rings. The van der Waals surface area contributed by atoms with E-state index >= 15 is 0 Å². The molecule has 1 heterocycles. The molecule has 2 atom stereocenters. The lowest BCUT2D eigenvalue weighted by Gasteiger charge is -2.25. The van der Waals surface area contributed by atoms with Gasteiger partial charge in [0.25, 0.3) is 0 Å². The number of carboxylic acid groups (broad SMARTS) is 1.